The molecule has 2 fully saturated rings. The minimum atomic E-state index is -4.63. The van der Waals surface area contributed by atoms with E-state index < -0.39 is 43.1 Å². The number of alkyl halides is 3. The third-order valence-corrected chi connectivity index (χ3v) is 4.97. The summed E-state index contributed by atoms with van der Waals surface area (Å²) < 4.78 is 44.5. The molecule has 2 rings (SSSR count). The lowest BCUT2D eigenvalue weighted by Crippen LogP contribution is -2.40. The van der Waals surface area contributed by atoms with Gasteiger partial charge in [-0.15, -0.1) is 0 Å². The first-order valence-electron chi connectivity index (χ1n) is 8.55. The summed E-state index contributed by atoms with van der Waals surface area (Å²) in [5.74, 6) is -4.76. The summed E-state index contributed by atoms with van der Waals surface area (Å²) in [6, 6.07) is -0.633. The van der Waals surface area contributed by atoms with E-state index >= 15 is 0 Å². The Balaban J connectivity index is 1.82. The summed E-state index contributed by atoms with van der Waals surface area (Å²) in [5.41, 5.74) is 0. The van der Waals surface area contributed by atoms with E-state index in [0.717, 1.165) is 24.2 Å². The highest BCUT2D eigenvalue weighted by atomic mass is 19.4. The van der Waals surface area contributed by atoms with Crippen LogP contribution in [0.2, 0.25) is 0 Å². The molecule has 0 aliphatic carbocycles. The van der Waals surface area contributed by atoms with E-state index in [1.54, 1.807) is 0 Å². The number of halogens is 3. The number of nitrogens with zero attached hydrogens (tertiary/aromatic N) is 1. The first-order valence-corrected chi connectivity index (χ1v) is 8.55. The number of carbonyl (C=O) groups is 2. The lowest BCUT2D eigenvalue weighted by molar-refractivity contribution is -0.187. The predicted molar refractivity (Wildman–Crippen MR) is 83.0 cm³/mol. The smallest absolute Gasteiger partial charge is 0.394 e. The van der Waals surface area contributed by atoms with E-state index in [1.165, 1.54) is 0 Å². The van der Waals surface area contributed by atoms with Crippen LogP contribution < -0.4 is 5.32 Å². The second kappa shape index (κ2) is 7.80. The number of amides is 2. The van der Waals surface area contributed by atoms with Gasteiger partial charge in [-0.05, 0) is 39.0 Å². The molecule has 25 heavy (non-hydrogen) atoms. The second-order valence-electron chi connectivity index (χ2n) is 7.11. The molecule has 0 radical (unpaired) electrons. The van der Waals surface area contributed by atoms with Crippen LogP contribution >= 0.6 is 0 Å². The van der Waals surface area contributed by atoms with Gasteiger partial charge in [-0.1, -0.05) is 0 Å². The SMILES string of the molecule is CC1CC(CCNC(=O)N2C[C@@H](C(F)(F)F)[C@H](C(=O)O)C2)CC(C)O1. The van der Waals surface area contributed by atoms with Crippen LogP contribution in [0.15, 0.2) is 0 Å². The van der Waals surface area contributed by atoms with Gasteiger partial charge in [-0.3, -0.25) is 4.79 Å². The molecular formula is C16H25F3N2O4. The van der Waals surface area contributed by atoms with Gasteiger partial charge in [-0.25, -0.2) is 4.79 Å². The summed E-state index contributed by atoms with van der Waals surface area (Å²) in [4.78, 5) is 24.1. The van der Waals surface area contributed by atoms with Crippen LogP contribution in [0.25, 0.3) is 0 Å². The largest absolute Gasteiger partial charge is 0.481 e. The summed E-state index contributed by atoms with van der Waals surface area (Å²) >= 11 is 0. The van der Waals surface area contributed by atoms with Crippen molar-refractivity contribution in [1.29, 1.82) is 0 Å². The maximum atomic E-state index is 12.9. The quantitative estimate of drug-likeness (QED) is 0.801. The second-order valence-corrected chi connectivity index (χ2v) is 7.11. The molecule has 2 saturated heterocycles. The molecule has 2 aliphatic heterocycles. The number of carboxylic acid groups (broad SMARTS) is 1. The number of hydrogen-bond acceptors (Lipinski definition) is 3. The summed E-state index contributed by atoms with van der Waals surface area (Å²) in [6.45, 7) is 3.31. The molecule has 0 bridgehead atoms. The molecule has 0 aromatic heterocycles. The van der Waals surface area contributed by atoms with E-state index in [1.807, 2.05) is 13.8 Å². The number of carboxylic acids is 1. The standard InChI is InChI=1S/C16H25F3N2O4/c1-9-5-11(6-10(2)25-9)3-4-20-15(24)21-7-12(14(22)23)13(8-21)16(17,18)19/h9-13H,3-8H2,1-2H3,(H,20,24)(H,22,23)/t9?,10?,11?,12-,13-/m1/s1. The van der Waals surface area contributed by atoms with Crippen molar-refractivity contribution in [2.45, 2.75) is 51.5 Å². The Morgan fingerprint density at radius 3 is 2.28 bits per heavy atom. The maximum absolute atomic E-state index is 12.9. The van der Waals surface area contributed by atoms with Gasteiger partial charge in [0, 0.05) is 19.6 Å². The van der Waals surface area contributed by atoms with Crippen LogP contribution in [0.3, 0.4) is 0 Å². The zero-order chi connectivity index (χ0) is 18.8. The number of hydrogen-bond donors (Lipinski definition) is 2. The fraction of sp³-hybridized carbons (Fsp3) is 0.875. The van der Waals surface area contributed by atoms with Crippen LogP contribution in [-0.2, 0) is 9.53 Å². The molecule has 6 nitrogen and oxygen atoms in total. The number of carbonyl (C=O) groups excluding carboxylic acids is 1. The highest BCUT2D eigenvalue weighted by Crippen LogP contribution is 2.37. The van der Waals surface area contributed by atoms with Crippen LogP contribution in [0.1, 0.15) is 33.1 Å². The Kier molecular flexibility index (Phi) is 6.18. The van der Waals surface area contributed by atoms with Gasteiger partial charge >= 0.3 is 18.2 Å². The Morgan fingerprint density at radius 1 is 1.20 bits per heavy atom. The van der Waals surface area contributed by atoms with Crippen LogP contribution in [0, 0.1) is 17.8 Å². The van der Waals surface area contributed by atoms with Crippen molar-refractivity contribution in [3.8, 4) is 0 Å². The highest BCUT2D eigenvalue weighted by molar-refractivity contribution is 5.77. The van der Waals surface area contributed by atoms with Gasteiger partial charge in [-0.2, -0.15) is 13.2 Å². The summed E-state index contributed by atoms with van der Waals surface area (Å²) in [6.07, 6.45) is -1.81. The minimum absolute atomic E-state index is 0.159. The number of aliphatic carboxylic acids is 1. The third kappa shape index (κ3) is 5.23. The number of urea groups is 1. The van der Waals surface area contributed by atoms with Crippen molar-refractivity contribution in [3.05, 3.63) is 0 Å². The molecule has 0 aromatic carbocycles. The summed E-state index contributed by atoms with van der Waals surface area (Å²) in [7, 11) is 0. The van der Waals surface area contributed by atoms with E-state index in [9.17, 15) is 22.8 Å². The molecule has 9 heteroatoms. The van der Waals surface area contributed by atoms with E-state index in [4.69, 9.17) is 9.84 Å². The van der Waals surface area contributed by atoms with Crippen molar-refractivity contribution in [2.24, 2.45) is 17.8 Å². The van der Waals surface area contributed by atoms with Gasteiger partial charge in [0.15, 0.2) is 0 Å². The first kappa shape index (κ1) is 19.8. The fourth-order valence-corrected chi connectivity index (χ4v) is 3.83. The molecular weight excluding hydrogens is 341 g/mol. The zero-order valence-corrected chi connectivity index (χ0v) is 14.4. The highest BCUT2D eigenvalue weighted by Gasteiger charge is 2.53. The Bertz CT molecular complexity index is 490. The van der Waals surface area contributed by atoms with Crippen molar-refractivity contribution in [2.75, 3.05) is 19.6 Å². The van der Waals surface area contributed by atoms with Crippen molar-refractivity contribution < 1.29 is 32.6 Å². The molecule has 144 valence electrons. The number of ether oxygens (including phenoxy) is 1. The monoisotopic (exact) mass is 366 g/mol. The van der Waals surface area contributed by atoms with E-state index in [0.29, 0.717) is 12.5 Å². The topological polar surface area (TPSA) is 78.9 Å². The van der Waals surface area contributed by atoms with Gasteiger partial charge in [0.05, 0.1) is 24.0 Å². The van der Waals surface area contributed by atoms with Crippen molar-refractivity contribution in [1.82, 2.24) is 10.2 Å². The molecule has 0 saturated carbocycles. The lowest BCUT2D eigenvalue weighted by Gasteiger charge is -2.32. The van der Waals surface area contributed by atoms with E-state index in [2.05, 4.69) is 5.32 Å². The average molecular weight is 366 g/mol. The van der Waals surface area contributed by atoms with Gasteiger partial charge in [0.2, 0.25) is 0 Å². The number of rotatable bonds is 4. The first-order chi connectivity index (χ1) is 11.6. The number of likely N-dealkylation sites (tertiary alicyclic amines) is 1. The average Bonchev–Trinajstić information content (AvgIpc) is 2.91. The Labute approximate surface area is 144 Å². The van der Waals surface area contributed by atoms with Crippen LogP contribution in [-0.4, -0.2) is 60.0 Å². The lowest BCUT2D eigenvalue weighted by atomic mass is 9.90. The molecule has 0 aromatic rings. The predicted octanol–water partition coefficient (Wildman–Crippen LogP) is 2.48. The van der Waals surface area contributed by atoms with Crippen LogP contribution in [0.4, 0.5) is 18.0 Å². The molecule has 2 aliphatic rings. The molecule has 2 N–H and O–H groups in total. The van der Waals surface area contributed by atoms with E-state index in [-0.39, 0.29) is 12.2 Å². The van der Waals surface area contributed by atoms with Crippen molar-refractivity contribution in [3.63, 3.8) is 0 Å². The molecule has 2 unspecified atom stereocenters. The van der Waals surface area contributed by atoms with Crippen molar-refractivity contribution >= 4 is 12.0 Å². The Hall–Kier alpha value is -1.51. The fourth-order valence-electron chi connectivity index (χ4n) is 3.83. The minimum Gasteiger partial charge on any atom is -0.481 e. The normalized spacial score (nSPS) is 33.3. The third-order valence-electron chi connectivity index (χ3n) is 4.97. The summed E-state index contributed by atoms with van der Waals surface area (Å²) in [5, 5.41) is 11.6. The maximum Gasteiger partial charge on any atom is 0.394 e. The van der Waals surface area contributed by atoms with Gasteiger partial charge in [0.1, 0.15) is 0 Å². The number of nitrogens with one attached hydrogen (secondary N) is 1. The van der Waals surface area contributed by atoms with Crippen LogP contribution in [0.5, 0.6) is 0 Å². The molecule has 4 atom stereocenters. The molecule has 2 heterocycles. The van der Waals surface area contributed by atoms with Gasteiger partial charge in [0.25, 0.3) is 0 Å². The molecule has 2 amide bonds. The zero-order valence-electron chi connectivity index (χ0n) is 14.4. The van der Waals surface area contributed by atoms with Gasteiger partial charge < -0.3 is 20.1 Å². The Morgan fingerprint density at radius 2 is 1.80 bits per heavy atom. The molecule has 0 spiro atoms.